The van der Waals surface area contributed by atoms with Crippen LogP contribution >= 0.6 is 0 Å². The number of carbonyl (C=O) groups is 1. The largest absolute Gasteiger partial charge is 0.493 e. The lowest BCUT2D eigenvalue weighted by Crippen LogP contribution is -2.03. The number of benzene rings is 2. The van der Waals surface area contributed by atoms with Crippen molar-refractivity contribution in [2.75, 3.05) is 21.3 Å². The van der Waals surface area contributed by atoms with Gasteiger partial charge in [-0.3, -0.25) is 0 Å². The first kappa shape index (κ1) is 17.3. The normalized spacial score (nSPS) is 10.5. The maximum Gasteiger partial charge on any atom is 0.336 e. The van der Waals surface area contributed by atoms with Gasteiger partial charge in [0.1, 0.15) is 11.6 Å². The lowest BCUT2D eigenvalue weighted by molar-refractivity contribution is -0.128. The second-order valence-corrected chi connectivity index (χ2v) is 4.67. The first-order valence-corrected chi connectivity index (χ1v) is 7.03. The number of esters is 1. The van der Waals surface area contributed by atoms with E-state index in [0.29, 0.717) is 22.8 Å². The molecular formula is C18H17FO5. The summed E-state index contributed by atoms with van der Waals surface area (Å²) in [5.41, 5.74) is 0.653. The van der Waals surface area contributed by atoms with Gasteiger partial charge in [0.15, 0.2) is 11.5 Å². The molecule has 2 aromatic carbocycles. The third kappa shape index (κ3) is 4.25. The number of hydrogen-bond donors (Lipinski definition) is 0. The monoisotopic (exact) mass is 332 g/mol. The zero-order valence-electron chi connectivity index (χ0n) is 13.5. The number of ether oxygens (including phenoxy) is 4. The predicted octanol–water partition coefficient (Wildman–Crippen LogP) is 3.47. The third-order valence-electron chi connectivity index (χ3n) is 3.11. The Bertz CT molecular complexity index is 730. The van der Waals surface area contributed by atoms with Gasteiger partial charge in [-0.15, -0.1) is 0 Å². The van der Waals surface area contributed by atoms with Crippen molar-refractivity contribution in [3.05, 3.63) is 53.9 Å². The summed E-state index contributed by atoms with van der Waals surface area (Å²) in [7, 11) is 4.51. The van der Waals surface area contributed by atoms with E-state index in [9.17, 15) is 9.18 Å². The Labute approximate surface area is 139 Å². The molecule has 0 aromatic heterocycles. The van der Waals surface area contributed by atoms with Crippen molar-refractivity contribution in [1.29, 1.82) is 0 Å². The van der Waals surface area contributed by atoms with E-state index in [1.807, 2.05) is 0 Å². The van der Waals surface area contributed by atoms with Crippen LogP contribution < -0.4 is 18.9 Å². The number of rotatable bonds is 6. The van der Waals surface area contributed by atoms with Gasteiger partial charge < -0.3 is 18.9 Å². The maximum atomic E-state index is 13.1. The van der Waals surface area contributed by atoms with Crippen molar-refractivity contribution < 1.29 is 28.1 Å². The first-order valence-electron chi connectivity index (χ1n) is 7.03. The Hall–Kier alpha value is -3.02. The molecule has 0 spiro atoms. The Balaban J connectivity index is 2.17. The molecule has 0 bridgehead atoms. The summed E-state index contributed by atoms with van der Waals surface area (Å²) in [6.45, 7) is 0. The van der Waals surface area contributed by atoms with Crippen LogP contribution in [0.2, 0.25) is 0 Å². The second-order valence-electron chi connectivity index (χ2n) is 4.67. The minimum absolute atomic E-state index is 0.134. The first-order chi connectivity index (χ1) is 11.6. The second kappa shape index (κ2) is 8.01. The van der Waals surface area contributed by atoms with Crippen molar-refractivity contribution in [2.45, 2.75) is 0 Å². The molecule has 0 heterocycles. The van der Waals surface area contributed by atoms with Gasteiger partial charge in [-0.25, -0.2) is 9.18 Å². The van der Waals surface area contributed by atoms with Gasteiger partial charge in [-0.05, 0) is 35.9 Å². The Morgan fingerprint density at radius 1 is 1.00 bits per heavy atom. The maximum absolute atomic E-state index is 13.1. The van der Waals surface area contributed by atoms with E-state index in [1.54, 1.807) is 12.1 Å². The number of halogens is 1. The van der Waals surface area contributed by atoms with Crippen LogP contribution in [0, 0.1) is 5.82 Å². The summed E-state index contributed by atoms with van der Waals surface area (Å²) in [5.74, 6) is 0.419. The van der Waals surface area contributed by atoms with E-state index in [2.05, 4.69) is 0 Å². The van der Waals surface area contributed by atoms with Crippen molar-refractivity contribution in [3.63, 3.8) is 0 Å². The molecule has 24 heavy (non-hydrogen) atoms. The molecule has 5 nitrogen and oxygen atoms in total. The molecule has 6 heteroatoms. The SMILES string of the molecule is COc1cc(/C=C/C(=O)Oc2cccc(F)c2)cc(OC)c1OC. The summed E-state index contributed by atoms with van der Waals surface area (Å²) < 4.78 is 33.8. The van der Waals surface area contributed by atoms with Gasteiger partial charge >= 0.3 is 5.97 Å². The van der Waals surface area contributed by atoms with Gasteiger partial charge in [0.05, 0.1) is 21.3 Å². The van der Waals surface area contributed by atoms with Crippen molar-refractivity contribution in [1.82, 2.24) is 0 Å². The molecule has 0 unspecified atom stereocenters. The average Bonchev–Trinajstić information content (AvgIpc) is 2.58. The highest BCUT2D eigenvalue weighted by atomic mass is 19.1. The van der Waals surface area contributed by atoms with Crippen molar-refractivity contribution in [2.24, 2.45) is 0 Å². The molecule has 0 radical (unpaired) electrons. The molecule has 0 aliphatic carbocycles. The van der Waals surface area contributed by atoms with Crippen molar-refractivity contribution >= 4 is 12.0 Å². The highest BCUT2D eigenvalue weighted by Crippen LogP contribution is 2.38. The molecule has 0 fully saturated rings. The smallest absolute Gasteiger partial charge is 0.336 e. The molecule has 2 rings (SSSR count). The Morgan fingerprint density at radius 2 is 1.67 bits per heavy atom. The number of hydrogen-bond acceptors (Lipinski definition) is 5. The zero-order valence-corrected chi connectivity index (χ0v) is 13.5. The fraction of sp³-hybridized carbons (Fsp3) is 0.167. The van der Waals surface area contributed by atoms with E-state index in [-0.39, 0.29) is 5.75 Å². The molecular weight excluding hydrogens is 315 g/mol. The molecule has 0 atom stereocenters. The molecule has 0 aliphatic rings. The van der Waals surface area contributed by atoms with Crippen LogP contribution in [0.4, 0.5) is 4.39 Å². The van der Waals surface area contributed by atoms with Crippen LogP contribution in [-0.2, 0) is 4.79 Å². The molecule has 0 saturated heterocycles. The topological polar surface area (TPSA) is 54.0 Å². The van der Waals surface area contributed by atoms with Gasteiger partial charge in [-0.1, -0.05) is 6.07 Å². The van der Waals surface area contributed by atoms with E-state index < -0.39 is 11.8 Å². The molecule has 2 aromatic rings. The van der Waals surface area contributed by atoms with Gasteiger partial charge in [0.25, 0.3) is 0 Å². The number of methoxy groups -OCH3 is 3. The van der Waals surface area contributed by atoms with E-state index in [4.69, 9.17) is 18.9 Å². The predicted molar refractivity (Wildman–Crippen MR) is 87.2 cm³/mol. The van der Waals surface area contributed by atoms with Crippen LogP contribution in [-0.4, -0.2) is 27.3 Å². The minimum atomic E-state index is -0.630. The van der Waals surface area contributed by atoms with Gasteiger partial charge in [0.2, 0.25) is 5.75 Å². The lowest BCUT2D eigenvalue weighted by Gasteiger charge is -2.12. The Kier molecular flexibility index (Phi) is 5.78. The standard InChI is InChI=1S/C18H17FO5/c1-21-15-9-12(10-16(22-2)18(15)23-3)7-8-17(20)24-14-6-4-5-13(19)11-14/h4-11H,1-3H3/b8-7+. The van der Waals surface area contributed by atoms with Crippen LogP contribution in [0.25, 0.3) is 6.08 Å². The minimum Gasteiger partial charge on any atom is -0.493 e. The van der Waals surface area contributed by atoms with Gasteiger partial charge in [0, 0.05) is 12.1 Å². The van der Waals surface area contributed by atoms with Crippen LogP contribution in [0.3, 0.4) is 0 Å². The lowest BCUT2D eigenvalue weighted by atomic mass is 10.1. The molecule has 0 N–H and O–H groups in total. The summed E-state index contributed by atoms with van der Waals surface area (Å²) in [6.07, 6.45) is 2.76. The fourth-order valence-corrected chi connectivity index (χ4v) is 2.04. The molecule has 0 saturated carbocycles. The highest BCUT2D eigenvalue weighted by Gasteiger charge is 2.12. The summed E-state index contributed by atoms with van der Waals surface area (Å²) in [5, 5.41) is 0. The van der Waals surface area contributed by atoms with Crippen LogP contribution in [0.5, 0.6) is 23.0 Å². The van der Waals surface area contributed by atoms with Crippen LogP contribution in [0.15, 0.2) is 42.5 Å². The number of carbonyl (C=O) groups excluding carboxylic acids is 1. The zero-order chi connectivity index (χ0) is 17.5. The molecule has 126 valence electrons. The quantitative estimate of drug-likeness (QED) is 0.461. The molecule has 0 amide bonds. The highest BCUT2D eigenvalue weighted by molar-refractivity contribution is 5.89. The summed E-state index contributed by atoms with van der Waals surface area (Å²) in [6, 6.07) is 8.73. The van der Waals surface area contributed by atoms with Gasteiger partial charge in [-0.2, -0.15) is 0 Å². The fourth-order valence-electron chi connectivity index (χ4n) is 2.04. The van der Waals surface area contributed by atoms with E-state index in [0.717, 1.165) is 6.07 Å². The summed E-state index contributed by atoms with van der Waals surface area (Å²) in [4.78, 5) is 11.8. The summed E-state index contributed by atoms with van der Waals surface area (Å²) >= 11 is 0. The average molecular weight is 332 g/mol. The van der Waals surface area contributed by atoms with Crippen molar-refractivity contribution in [3.8, 4) is 23.0 Å². The van der Waals surface area contributed by atoms with E-state index >= 15 is 0 Å². The van der Waals surface area contributed by atoms with E-state index in [1.165, 1.54) is 51.7 Å². The van der Waals surface area contributed by atoms with Crippen LogP contribution in [0.1, 0.15) is 5.56 Å². The Morgan fingerprint density at radius 3 is 2.21 bits per heavy atom. The third-order valence-corrected chi connectivity index (χ3v) is 3.11. The molecule has 0 aliphatic heterocycles.